The topological polar surface area (TPSA) is 61.7 Å². The van der Waals surface area contributed by atoms with Crippen LogP contribution in [0.3, 0.4) is 0 Å². The van der Waals surface area contributed by atoms with Gasteiger partial charge in [-0.25, -0.2) is 4.98 Å². The van der Waals surface area contributed by atoms with Gasteiger partial charge in [0.25, 0.3) is 0 Å². The Hall–Kier alpha value is -3.06. The zero-order valence-corrected chi connectivity index (χ0v) is 13.6. The maximum Gasteiger partial charge on any atom is 0.149 e. The number of hydrogen-bond donors (Lipinski definition) is 1. The molecule has 0 spiro atoms. The molecule has 0 aliphatic rings. The van der Waals surface area contributed by atoms with E-state index in [0.29, 0.717) is 11.4 Å². The Morgan fingerprint density at radius 2 is 2.00 bits per heavy atom. The number of nitrogens with one attached hydrogen (secondary N) is 1. The van der Waals surface area contributed by atoms with Crippen LogP contribution in [-0.2, 0) is 0 Å². The van der Waals surface area contributed by atoms with Gasteiger partial charge in [-0.2, -0.15) is 5.26 Å². The third kappa shape index (κ3) is 3.64. The summed E-state index contributed by atoms with van der Waals surface area (Å²) in [5.74, 6) is 1.44. The maximum absolute atomic E-state index is 9.46. The molecule has 0 amide bonds. The summed E-state index contributed by atoms with van der Waals surface area (Å²) in [5, 5.41) is 9.46. The molecule has 0 fully saturated rings. The fourth-order valence-corrected chi connectivity index (χ4v) is 2.40. The number of nitriles is 1. The van der Waals surface area contributed by atoms with Crippen LogP contribution >= 0.6 is 0 Å². The molecule has 3 rings (SSSR count). The van der Waals surface area contributed by atoms with Gasteiger partial charge >= 0.3 is 0 Å². The lowest BCUT2D eigenvalue weighted by atomic mass is 10.1. The van der Waals surface area contributed by atoms with E-state index in [4.69, 9.17) is 4.74 Å². The van der Waals surface area contributed by atoms with Crippen LogP contribution in [0.4, 0.5) is 0 Å². The summed E-state index contributed by atoms with van der Waals surface area (Å²) < 4.78 is 5.65. The van der Waals surface area contributed by atoms with Crippen molar-refractivity contribution in [1.82, 2.24) is 9.97 Å². The van der Waals surface area contributed by atoms with Gasteiger partial charge in [-0.1, -0.05) is 37.6 Å². The zero-order chi connectivity index (χ0) is 16.8. The molecule has 0 atom stereocenters. The fourth-order valence-electron chi connectivity index (χ4n) is 2.40. The summed E-state index contributed by atoms with van der Waals surface area (Å²) in [5.41, 5.74) is 3.22. The number of imidazole rings is 1. The second-order valence-corrected chi connectivity index (χ2v) is 5.54. The smallest absolute Gasteiger partial charge is 0.149 e. The Labute approximate surface area is 141 Å². The first kappa shape index (κ1) is 15.8. The van der Waals surface area contributed by atoms with E-state index in [1.807, 2.05) is 54.6 Å². The number of benzene rings is 2. The van der Waals surface area contributed by atoms with Gasteiger partial charge in [-0.3, -0.25) is 0 Å². The van der Waals surface area contributed by atoms with Gasteiger partial charge in [-0.05, 0) is 42.3 Å². The number of rotatable bonds is 6. The van der Waals surface area contributed by atoms with Gasteiger partial charge < -0.3 is 9.72 Å². The molecule has 0 saturated heterocycles. The van der Waals surface area contributed by atoms with E-state index in [0.717, 1.165) is 41.8 Å². The van der Waals surface area contributed by atoms with Crippen LogP contribution in [0.1, 0.15) is 31.2 Å². The molecule has 4 nitrogen and oxygen atoms in total. The number of aromatic nitrogens is 2. The highest BCUT2D eigenvalue weighted by molar-refractivity contribution is 5.90. The number of ether oxygens (including phenoxy) is 1. The van der Waals surface area contributed by atoms with Gasteiger partial charge in [0.2, 0.25) is 0 Å². The van der Waals surface area contributed by atoms with Gasteiger partial charge in [0.1, 0.15) is 17.6 Å². The third-order valence-electron chi connectivity index (χ3n) is 3.72. The number of nitrogens with zero attached hydrogens (tertiary/aromatic N) is 2. The Balaban J connectivity index is 1.81. The average molecular weight is 317 g/mol. The predicted molar refractivity (Wildman–Crippen MR) is 96.4 cm³/mol. The Morgan fingerprint density at radius 3 is 2.71 bits per heavy atom. The normalized spacial score (nSPS) is 11.4. The van der Waals surface area contributed by atoms with Crippen LogP contribution in [0.2, 0.25) is 0 Å². The molecular weight excluding hydrogens is 298 g/mol. The van der Waals surface area contributed by atoms with Crippen molar-refractivity contribution >= 4 is 22.7 Å². The van der Waals surface area contributed by atoms with E-state index in [1.165, 1.54) is 0 Å². The second kappa shape index (κ2) is 7.47. The molecule has 4 heteroatoms. The molecule has 3 aromatic rings. The Bertz CT molecular complexity index is 852. The van der Waals surface area contributed by atoms with Crippen LogP contribution in [0, 0.1) is 11.3 Å². The minimum Gasteiger partial charge on any atom is -0.494 e. The molecule has 1 heterocycles. The summed E-state index contributed by atoms with van der Waals surface area (Å²) in [6, 6.07) is 17.7. The minimum absolute atomic E-state index is 0.505. The number of unbranched alkanes of at least 4 members (excludes halogenated alkanes) is 1. The van der Waals surface area contributed by atoms with Gasteiger partial charge in [0, 0.05) is 0 Å². The summed E-state index contributed by atoms with van der Waals surface area (Å²) in [4.78, 5) is 7.66. The molecule has 0 saturated carbocycles. The monoisotopic (exact) mass is 317 g/mol. The standard InChI is InChI=1S/C20H19N3O/c1-2-3-12-24-17-10-8-15(9-11-17)13-16(14-21)20-22-18-6-4-5-7-19(18)23-20/h4-11,13H,2-3,12H2,1H3,(H,22,23). The van der Waals surface area contributed by atoms with Crippen molar-refractivity contribution in [3.05, 3.63) is 59.9 Å². The quantitative estimate of drug-likeness (QED) is 0.524. The fraction of sp³-hybridized carbons (Fsp3) is 0.200. The highest BCUT2D eigenvalue weighted by Crippen LogP contribution is 2.20. The van der Waals surface area contributed by atoms with Gasteiger partial charge in [0.05, 0.1) is 23.2 Å². The lowest BCUT2D eigenvalue weighted by Crippen LogP contribution is -1.95. The van der Waals surface area contributed by atoms with Crippen molar-refractivity contribution in [2.24, 2.45) is 0 Å². The van der Waals surface area contributed by atoms with Gasteiger partial charge in [0.15, 0.2) is 0 Å². The lowest BCUT2D eigenvalue weighted by molar-refractivity contribution is 0.309. The van der Waals surface area contributed by atoms with Crippen molar-refractivity contribution in [3.63, 3.8) is 0 Å². The molecule has 0 bridgehead atoms. The second-order valence-electron chi connectivity index (χ2n) is 5.54. The average Bonchev–Trinajstić information content (AvgIpc) is 3.05. The Kier molecular flexibility index (Phi) is 4.93. The largest absolute Gasteiger partial charge is 0.494 e. The summed E-state index contributed by atoms with van der Waals surface area (Å²) >= 11 is 0. The SMILES string of the molecule is CCCCOc1ccc(C=C(C#N)c2nc3ccccc3[nH]2)cc1. The predicted octanol–water partition coefficient (Wildman–Crippen LogP) is 4.81. The van der Waals surface area contributed by atoms with Crippen molar-refractivity contribution in [2.75, 3.05) is 6.61 Å². The van der Waals surface area contributed by atoms with E-state index >= 15 is 0 Å². The summed E-state index contributed by atoms with van der Waals surface area (Å²) in [6.07, 6.45) is 3.99. The first-order chi connectivity index (χ1) is 11.8. The molecule has 0 aliphatic heterocycles. The van der Waals surface area contributed by atoms with E-state index in [2.05, 4.69) is 23.0 Å². The number of hydrogen-bond acceptors (Lipinski definition) is 3. The van der Waals surface area contributed by atoms with Crippen LogP contribution in [-0.4, -0.2) is 16.6 Å². The Morgan fingerprint density at radius 1 is 1.21 bits per heavy atom. The van der Waals surface area contributed by atoms with Crippen molar-refractivity contribution in [3.8, 4) is 11.8 Å². The van der Waals surface area contributed by atoms with E-state index in [9.17, 15) is 5.26 Å². The minimum atomic E-state index is 0.505. The third-order valence-corrected chi connectivity index (χ3v) is 3.72. The molecule has 0 unspecified atom stereocenters. The maximum atomic E-state index is 9.46. The molecule has 120 valence electrons. The van der Waals surface area contributed by atoms with Crippen LogP contribution in [0.5, 0.6) is 5.75 Å². The molecular formula is C20H19N3O. The molecule has 0 radical (unpaired) electrons. The van der Waals surface area contributed by atoms with E-state index in [1.54, 1.807) is 0 Å². The summed E-state index contributed by atoms with van der Waals surface area (Å²) in [7, 11) is 0. The van der Waals surface area contributed by atoms with E-state index < -0.39 is 0 Å². The highest BCUT2D eigenvalue weighted by Gasteiger charge is 2.07. The number of allylic oxidation sites excluding steroid dienone is 1. The van der Waals surface area contributed by atoms with Crippen molar-refractivity contribution in [2.45, 2.75) is 19.8 Å². The molecule has 1 N–H and O–H groups in total. The first-order valence-electron chi connectivity index (χ1n) is 8.10. The van der Waals surface area contributed by atoms with Crippen molar-refractivity contribution < 1.29 is 4.74 Å². The number of H-pyrrole nitrogens is 1. The van der Waals surface area contributed by atoms with Crippen LogP contribution in [0.25, 0.3) is 22.7 Å². The molecule has 1 aromatic heterocycles. The number of fused-ring (bicyclic) bond motifs is 1. The highest BCUT2D eigenvalue weighted by atomic mass is 16.5. The lowest BCUT2D eigenvalue weighted by Gasteiger charge is -2.05. The molecule has 0 aliphatic carbocycles. The number of aromatic amines is 1. The van der Waals surface area contributed by atoms with Crippen molar-refractivity contribution in [1.29, 1.82) is 5.26 Å². The zero-order valence-electron chi connectivity index (χ0n) is 13.6. The van der Waals surface area contributed by atoms with E-state index in [-0.39, 0.29) is 0 Å². The van der Waals surface area contributed by atoms with Crippen LogP contribution in [0.15, 0.2) is 48.5 Å². The molecule has 24 heavy (non-hydrogen) atoms. The first-order valence-corrected chi connectivity index (χ1v) is 8.10. The molecule has 2 aromatic carbocycles. The van der Waals surface area contributed by atoms with Gasteiger partial charge in [-0.15, -0.1) is 0 Å². The summed E-state index contributed by atoms with van der Waals surface area (Å²) in [6.45, 7) is 2.87. The number of para-hydroxylation sites is 2. The van der Waals surface area contributed by atoms with Crippen LogP contribution < -0.4 is 4.74 Å².